The first-order valence-corrected chi connectivity index (χ1v) is 16.9. The van der Waals surface area contributed by atoms with Crippen molar-refractivity contribution in [3.8, 4) is 11.3 Å². The largest absolute Gasteiger partial charge is 0.512 e. The zero-order chi connectivity index (χ0) is 33.3. The van der Waals surface area contributed by atoms with Gasteiger partial charge in [-0.1, -0.05) is 103 Å². The Morgan fingerprint density at radius 1 is 0.978 bits per heavy atom. The monoisotopic (exact) mass is 798 g/mol. The third kappa shape index (κ3) is 7.80. The molecule has 1 N–H and O–H groups in total. The zero-order valence-electron chi connectivity index (χ0n) is 29.8. The SMILES string of the molecule is CCC(CC)C(=O)/C=C(\O)C(CC)CC.Cc1cc(C)c2nc3c([c-]c2c1)-c1nccc2cc(CC(C)(C)C)cc(c12)C3(C)C.[Ir]. The zero-order valence-corrected chi connectivity index (χ0v) is 32.2. The standard InChI is InChI=1S/C28H29N2.C13H24O2.Ir/c1-16-10-17(2)24-20(11-16)14-21-25-23-19(8-9-29-25)12-18(15-27(3,4)5)13-22(23)28(6,7)26(21)30-24;1-5-10(6-2)12(14)9-13(15)11(7-3)8-4;/h8-13H,15H2,1-7H3;9-11,14H,5-8H2,1-4H3;/q-1;;/b;12-9-;. The van der Waals surface area contributed by atoms with E-state index in [-0.39, 0.29) is 54.3 Å². The molecule has 0 saturated heterocycles. The Morgan fingerprint density at radius 3 is 2.20 bits per heavy atom. The molecule has 0 bridgehead atoms. The third-order valence-corrected chi connectivity index (χ3v) is 9.41. The van der Waals surface area contributed by atoms with Crippen LogP contribution in [0.3, 0.4) is 0 Å². The Labute approximate surface area is 290 Å². The van der Waals surface area contributed by atoms with Gasteiger partial charge in [0.2, 0.25) is 0 Å². The van der Waals surface area contributed by atoms with Crippen LogP contribution in [0.25, 0.3) is 32.9 Å². The molecule has 4 nitrogen and oxygen atoms in total. The maximum atomic E-state index is 11.7. The number of carbonyl (C=O) groups excluding carboxylic acids is 1. The smallest absolute Gasteiger partial charge is 0.162 e. The molecule has 2 aromatic heterocycles. The normalized spacial score (nSPS) is 13.8. The fraction of sp³-hybridized carbons (Fsp3) is 0.488. The minimum Gasteiger partial charge on any atom is -0.512 e. The van der Waals surface area contributed by atoms with Crippen molar-refractivity contribution in [1.82, 2.24) is 9.97 Å². The van der Waals surface area contributed by atoms with Crippen molar-refractivity contribution >= 4 is 27.5 Å². The molecule has 0 atom stereocenters. The summed E-state index contributed by atoms with van der Waals surface area (Å²) >= 11 is 0. The molecule has 46 heavy (non-hydrogen) atoms. The number of benzene rings is 2. The van der Waals surface area contributed by atoms with E-state index in [4.69, 9.17) is 9.97 Å². The maximum absolute atomic E-state index is 11.7. The molecule has 5 heteroatoms. The number of aliphatic hydroxyl groups excluding tert-OH is 1. The number of carbonyl (C=O) groups is 1. The van der Waals surface area contributed by atoms with Gasteiger partial charge in [0.15, 0.2) is 5.78 Å². The van der Waals surface area contributed by atoms with Crippen LogP contribution in [-0.2, 0) is 36.7 Å². The first kappa shape index (κ1) is 37.6. The average Bonchev–Trinajstić information content (AvgIpc) is 2.96. The first-order chi connectivity index (χ1) is 21.1. The summed E-state index contributed by atoms with van der Waals surface area (Å²) in [5.41, 5.74) is 9.41. The Bertz CT molecular complexity index is 1740. The van der Waals surface area contributed by atoms with E-state index in [1.165, 1.54) is 39.1 Å². The first-order valence-electron chi connectivity index (χ1n) is 16.9. The molecule has 1 radical (unpaired) electrons. The fourth-order valence-electron chi connectivity index (χ4n) is 6.87. The Balaban J connectivity index is 0.000000309. The molecule has 0 spiro atoms. The fourth-order valence-corrected chi connectivity index (χ4v) is 6.87. The Morgan fingerprint density at radius 2 is 1.61 bits per heavy atom. The molecule has 0 amide bonds. The molecule has 2 aromatic carbocycles. The van der Waals surface area contributed by atoms with Crippen LogP contribution in [0.1, 0.15) is 116 Å². The molecule has 4 aromatic rings. The average molecular weight is 798 g/mol. The second kappa shape index (κ2) is 14.9. The van der Waals surface area contributed by atoms with Crippen molar-refractivity contribution in [1.29, 1.82) is 0 Å². The van der Waals surface area contributed by atoms with Crippen LogP contribution in [0.15, 0.2) is 48.4 Å². The van der Waals surface area contributed by atoms with Gasteiger partial charge in [-0.2, -0.15) is 0 Å². The van der Waals surface area contributed by atoms with Crippen molar-refractivity contribution in [2.24, 2.45) is 17.3 Å². The number of nitrogens with zero attached hydrogens (tertiary/aromatic N) is 2. The van der Waals surface area contributed by atoms with Gasteiger partial charge in [-0.25, -0.2) is 0 Å². The Hall–Kier alpha value is -2.88. The van der Waals surface area contributed by atoms with E-state index in [0.717, 1.165) is 60.0 Å². The second-order valence-corrected chi connectivity index (χ2v) is 14.7. The number of pyridine rings is 2. The summed E-state index contributed by atoms with van der Waals surface area (Å²) in [5, 5.41) is 13.4. The van der Waals surface area contributed by atoms with Crippen molar-refractivity contribution in [3.63, 3.8) is 0 Å². The predicted molar refractivity (Wildman–Crippen MR) is 190 cm³/mol. The van der Waals surface area contributed by atoms with E-state index in [9.17, 15) is 9.90 Å². The predicted octanol–water partition coefficient (Wildman–Crippen LogP) is 11.0. The van der Waals surface area contributed by atoms with Crippen LogP contribution >= 0.6 is 0 Å². The van der Waals surface area contributed by atoms with Crippen molar-refractivity contribution in [3.05, 3.63) is 82.4 Å². The summed E-state index contributed by atoms with van der Waals surface area (Å²) in [6.07, 6.45) is 7.89. The molecule has 0 aliphatic heterocycles. The summed E-state index contributed by atoms with van der Waals surface area (Å²) in [4.78, 5) is 21.8. The van der Waals surface area contributed by atoms with Gasteiger partial charge in [0.05, 0.1) is 5.76 Å². The molecule has 5 rings (SSSR count). The third-order valence-electron chi connectivity index (χ3n) is 9.41. The van der Waals surface area contributed by atoms with E-state index < -0.39 is 0 Å². The molecule has 0 unspecified atom stereocenters. The number of ketones is 1. The van der Waals surface area contributed by atoms with Crippen LogP contribution in [0.2, 0.25) is 0 Å². The molecule has 1 aliphatic carbocycles. The number of aromatic nitrogens is 2. The molecular weight excluding hydrogens is 745 g/mol. The summed E-state index contributed by atoms with van der Waals surface area (Å²) in [6.45, 7) is 23.8. The number of rotatable bonds is 8. The van der Waals surface area contributed by atoms with Crippen LogP contribution in [0, 0.1) is 37.2 Å². The minimum atomic E-state index is -0.209. The number of fused-ring (bicyclic) bond motifs is 3. The van der Waals surface area contributed by atoms with Gasteiger partial charge in [-0.3, -0.25) is 9.78 Å². The minimum absolute atomic E-state index is 0. The molecule has 0 fully saturated rings. The molecule has 249 valence electrons. The van der Waals surface area contributed by atoms with Crippen molar-refractivity contribution < 1.29 is 30.0 Å². The van der Waals surface area contributed by atoms with Crippen LogP contribution in [0.4, 0.5) is 0 Å². The van der Waals surface area contributed by atoms with E-state index in [0.29, 0.717) is 0 Å². The maximum Gasteiger partial charge on any atom is 0.162 e. The van der Waals surface area contributed by atoms with Crippen LogP contribution in [-0.4, -0.2) is 20.9 Å². The van der Waals surface area contributed by atoms with Gasteiger partial charge in [0.1, 0.15) is 0 Å². The van der Waals surface area contributed by atoms with E-state index >= 15 is 0 Å². The molecular formula is C41H53IrN2O2-. The van der Waals surface area contributed by atoms with Crippen molar-refractivity contribution in [2.45, 2.75) is 114 Å². The van der Waals surface area contributed by atoms with E-state index in [1.807, 2.05) is 33.9 Å². The topological polar surface area (TPSA) is 63.1 Å². The van der Waals surface area contributed by atoms with Gasteiger partial charge in [-0.05, 0) is 90.5 Å². The number of hydrogen-bond acceptors (Lipinski definition) is 4. The molecule has 1 aliphatic rings. The summed E-state index contributed by atoms with van der Waals surface area (Å²) in [6, 6.07) is 15.0. The summed E-state index contributed by atoms with van der Waals surface area (Å²) in [5.74, 6) is 0.547. The summed E-state index contributed by atoms with van der Waals surface area (Å²) < 4.78 is 0. The second-order valence-electron chi connectivity index (χ2n) is 14.7. The van der Waals surface area contributed by atoms with Crippen LogP contribution in [0.5, 0.6) is 0 Å². The molecule has 0 saturated carbocycles. The summed E-state index contributed by atoms with van der Waals surface area (Å²) in [7, 11) is 0. The van der Waals surface area contributed by atoms with Crippen molar-refractivity contribution in [2.75, 3.05) is 0 Å². The molecule has 2 heterocycles. The van der Waals surface area contributed by atoms with Gasteiger partial charge >= 0.3 is 0 Å². The van der Waals surface area contributed by atoms with Gasteiger partial charge < -0.3 is 10.1 Å². The van der Waals surface area contributed by atoms with E-state index in [2.05, 4.69) is 84.9 Å². The van der Waals surface area contributed by atoms with Crippen LogP contribution < -0.4 is 0 Å². The number of allylic oxidation sites excluding steroid dienone is 2. The van der Waals surface area contributed by atoms with Gasteiger partial charge in [0, 0.05) is 55.3 Å². The van der Waals surface area contributed by atoms with E-state index in [1.54, 1.807) is 0 Å². The van der Waals surface area contributed by atoms with Gasteiger partial charge in [-0.15, -0.1) is 12.1 Å². The quantitative estimate of drug-likeness (QED) is 0.110. The number of hydrogen-bond donors (Lipinski definition) is 1. The Kier molecular flexibility index (Phi) is 12.2. The number of aliphatic hydroxyl groups is 1. The number of aryl methyl sites for hydroxylation is 2. The van der Waals surface area contributed by atoms with Gasteiger partial charge in [0.25, 0.3) is 0 Å².